The van der Waals surface area contributed by atoms with Crippen LogP contribution in [0.5, 0.6) is 11.5 Å². The van der Waals surface area contributed by atoms with E-state index in [9.17, 15) is 5.11 Å². The third kappa shape index (κ3) is 1.84. The summed E-state index contributed by atoms with van der Waals surface area (Å²) in [5.41, 5.74) is 5.39. The number of amidine groups is 1. The second-order valence-electron chi connectivity index (χ2n) is 2.42. The Hall–Kier alpha value is -1.42. The molecular weight excluding hydrogens is 192 g/mol. The van der Waals surface area contributed by atoms with Crippen molar-refractivity contribution in [1.29, 1.82) is 5.41 Å². The van der Waals surface area contributed by atoms with Gasteiger partial charge in [0.05, 0.1) is 12.7 Å². The highest BCUT2D eigenvalue weighted by atomic mass is 35.5. The SMILES string of the molecule is COc1cc(Cl)cc(C(=N)N)c1O. The molecule has 0 aromatic heterocycles. The van der Waals surface area contributed by atoms with Gasteiger partial charge in [0.25, 0.3) is 0 Å². The van der Waals surface area contributed by atoms with Crippen LogP contribution in [0.15, 0.2) is 12.1 Å². The van der Waals surface area contributed by atoms with Gasteiger partial charge in [-0.2, -0.15) is 0 Å². The van der Waals surface area contributed by atoms with E-state index < -0.39 is 0 Å². The van der Waals surface area contributed by atoms with Crippen molar-refractivity contribution < 1.29 is 9.84 Å². The fraction of sp³-hybridized carbons (Fsp3) is 0.125. The molecule has 1 aromatic rings. The summed E-state index contributed by atoms with van der Waals surface area (Å²) in [6, 6.07) is 2.85. The zero-order chi connectivity index (χ0) is 10.0. The normalized spacial score (nSPS) is 9.69. The van der Waals surface area contributed by atoms with Gasteiger partial charge in [-0.1, -0.05) is 11.6 Å². The lowest BCUT2D eigenvalue weighted by Gasteiger charge is -2.07. The van der Waals surface area contributed by atoms with Crippen LogP contribution in [0.2, 0.25) is 5.02 Å². The van der Waals surface area contributed by atoms with Crippen LogP contribution in [0.4, 0.5) is 0 Å². The maximum atomic E-state index is 9.48. The van der Waals surface area contributed by atoms with Crippen LogP contribution >= 0.6 is 11.6 Å². The zero-order valence-electron chi connectivity index (χ0n) is 6.97. The highest BCUT2D eigenvalue weighted by Crippen LogP contribution is 2.32. The van der Waals surface area contributed by atoms with Crippen LogP contribution in [-0.2, 0) is 0 Å². The lowest BCUT2D eigenvalue weighted by atomic mass is 10.1. The van der Waals surface area contributed by atoms with Crippen molar-refractivity contribution in [2.24, 2.45) is 5.73 Å². The first-order chi connectivity index (χ1) is 6.06. The second kappa shape index (κ2) is 3.53. The highest BCUT2D eigenvalue weighted by Gasteiger charge is 2.11. The van der Waals surface area contributed by atoms with Crippen LogP contribution < -0.4 is 10.5 Å². The monoisotopic (exact) mass is 200 g/mol. The summed E-state index contributed by atoms with van der Waals surface area (Å²) in [6.07, 6.45) is 0. The predicted octanol–water partition coefficient (Wildman–Crippen LogP) is 1.34. The van der Waals surface area contributed by atoms with E-state index in [4.69, 9.17) is 27.5 Å². The summed E-state index contributed by atoms with van der Waals surface area (Å²) in [4.78, 5) is 0. The van der Waals surface area contributed by atoms with Gasteiger partial charge in [0.1, 0.15) is 5.84 Å². The topological polar surface area (TPSA) is 79.3 Å². The molecule has 0 spiro atoms. The minimum atomic E-state index is -0.252. The smallest absolute Gasteiger partial charge is 0.168 e. The van der Waals surface area contributed by atoms with Crippen LogP contribution in [0.1, 0.15) is 5.56 Å². The van der Waals surface area contributed by atoms with Crippen LogP contribution in [-0.4, -0.2) is 18.1 Å². The summed E-state index contributed by atoms with van der Waals surface area (Å²) in [6.45, 7) is 0. The van der Waals surface area contributed by atoms with E-state index >= 15 is 0 Å². The summed E-state index contributed by atoms with van der Waals surface area (Å²) in [5.74, 6) is -0.213. The van der Waals surface area contributed by atoms with Gasteiger partial charge >= 0.3 is 0 Å². The van der Waals surface area contributed by atoms with Crippen molar-refractivity contribution in [1.82, 2.24) is 0 Å². The Labute approximate surface area is 80.4 Å². The molecule has 0 saturated carbocycles. The highest BCUT2D eigenvalue weighted by molar-refractivity contribution is 6.31. The molecule has 0 amide bonds. The van der Waals surface area contributed by atoms with Crippen LogP contribution in [0.3, 0.4) is 0 Å². The van der Waals surface area contributed by atoms with E-state index in [0.29, 0.717) is 5.02 Å². The van der Waals surface area contributed by atoms with Crippen molar-refractivity contribution >= 4 is 17.4 Å². The van der Waals surface area contributed by atoms with E-state index in [1.165, 1.54) is 19.2 Å². The average molecular weight is 201 g/mol. The first-order valence-corrected chi connectivity index (χ1v) is 3.85. The molecule has 0 atom stereocenters. The van der Waals surface area contributed by atoms with Crippen molar-refractivity contribution in [3.8, 4) is 11.5 Å². The number of hydrogen-bond acceptors (Lipinski definition) is 3. The largest absolute Gasteiger partial charge is 0.504 e. The lowest BCUT2D eigenvalue weighted by molar-refractivity contribution is 0.373. The van der Waals surface area contributed by atoms with Crippen molar-refractivity contribution in [3.05, 3.63) is 22.7 Å². The molecule has 0 bridgehead atoms. The number of methoxy groups -OCH3 is 1. The molecule has 0 aliphatic carbocycles. The van der Waals surface area contributed by atoms with Gasteiger partial charge in [-0.3, -0.25) is 5.41 Å². The van der Waals surface area contributed by atoms with Gasteiger partial charge in [-0.05, 0) is 6.07 Å². The van der Waals surface area contributed by atoms with Crippen LogP contribution in [0.25, 0.3) is 0 Å². The Kier molecular flexibility index (Phi) is 2.63. The Bertz CT molecular complexity index is 352. The van der Waals surface area contributed by atoms with Crippen molar-refractivity contribution in [2.45, 2.75) is 0 Å². The zero-order valence-corrected chi connectivity index (χ0v) is 7.72. The number of rotatable bonds is 2. The molecule has 0 radical (unpaired) electrons. The number of phenols is 1. The van der Waals surface area contributed by atoms with Gasteiger partial charge in [0.15, 0.2) is 11.5 Å². The molecule has 1 aromatic carbocycles. The maximum absolute atomic E-state index is 9.48. The molecule has 1 rings (SSSR count). The molecule has 4 N–H and O–H groups in total. The molecule has 0 aliphatic rings. The summed E-state index contributed by atoms with van der Waals surface area (Å²) < 4.78 is 4.83. The van der Waals surface area contributed by atoms with E-state index in [2.05, 4.69) is 0 Å². The maximum Gasteiger partial charge on any atom is 0.168 e. The fourth-order valence-electron chi connectivity index (χ4n) is 0.935. The van der Waals surface area contributed by atoms with Gasteiger partial charge in [0.2, 0.25) is 0 Å². The number of phenolic OH excluding ortho intramolecular Hbond substituents is 1. The predicted molar refractivity (Wildman–Crippen MR) is 50.7 cm³/mol. The molecule has 0 heterocycles. The molecule has 0 unspecified atom stereocenters. The van der Waals surface area contributed by atoms with Gasteiger partial charge < -0.3 is 15.6 Å². The first-order valence-electron chi connectivity index (χ1n) is 3.47. The number of ether oxygens (including phenoxy) is 1. The number of nitrogens with one attached hydrogen (secondary N) is 1. The minimum Gasteiger partial charge on any atom is -0.504 e. The Morgan fingerprint density at radius 3 is 2.69 bits per heavy atom. The quantitative estimate of drug-likeness (QED) is 0.498. The number of halogens is 1. The number of aromatic hydroxyl groups is 1. The number of nitrogens with two attached hydrogens (primary N) is 1. The number of benzene rings is 1. The van der Waals surface area contributed by atoms with E-state index in [1.807, 2.05) is 0 Å². The molecule has 5 heteroatoms. The van der Waals surface area contributed by atoms with Gasteiger partial charge in [-0.15, -0.1) is 0 Å². The minimum absolute atomic E-state index is 0.167. The Balaban J connectivity index is 3.35. The van der Waals surface area contributed by atoms with Gasteiger partial charge in [0, 0.05) is 11.1 Å². The van der Waals surface area contributed by atoms with Crippen LogP contribution in [0, 0.1) is 5.41 Å². The van der Waals surface area contributed by atoms with Crippen molar-refractivity contribution in [2.75, 3.05) is 7.11 Å². The van der Waals surface area contributed by atoms with Crippen molar-refractivity contribution in [3.63, 3.8) is 0 Å². The molecule has 0 aliphatic heterocycles. The summed E-state index contributed by atoms with van der Waals surface area (Å²) >= 11 is 5.70. The molecule has 70 valence electrons. The number of nitrogen functional groups attached to an aromatic ring is 1. The second-order valence-corrected chi connectivity index (χ2v) is 2.85. The number of hydrogen-bond donors (Lipinski definition) is 3. The molecular formula is C8H9ClN2O2. The molecule has 13 heavy (non-hydrogen) atoms. The van der Waals surface area contributed by atoms with E-state index in [0.717, 1.165) is 0 Å². The first kappa shape index (κ1) is 9.67. The third-order valence-electron chi connectivity index (χ3n) is 1.55. The third-order valence-corrected chi connectivity index (χ3v) is 1.77. The molecule has 4 nitrogen and oxygen atoms in total. The summed E-state index contributed by atoms with van der Waals surface area (Å²) in [5, 5.41) is 17.0. The summed E-state index contributed by atoms with van der Waals surface area (Å²) in [7, 11) is 1.40. The Morgan fingerprint density at radius 2 is 2.23 bits per heavy atom. The van der Waals surface area contributed by atoms with E-state index in [1.54, 1.807) is 0 Å². The fourth-order valence-corrected chi connectivity index (χ4v) is 1.14. The lowest BCUT2D eigenvalue weighted by Crippen LogP contribution is -2.11. The molecule has 0 saturated heterocycles. The van der Waals surface area contributed by atoms with Gasteiger partial charge in [-0.25, -0.2) is 0 Å². The average Bonchev–Trinajstić information content (AvgIpc) is 2.08. The standard InChI is InChI=1S/C8H9ClN2O2/c1-13-6-3-4(9)2-5(7(6)12)8(10)11/h2-3,12H,1H3,(H3,10,11). The van der Waals surface area contributed by atoms with E-state index in [-0.39, 0.29) is 22.9 Å². The Morgan fingerprint density at radius 1 is 1.62 bits per heavy atom. The molecule has 0 fully saturated rings.